The monoisotopic (exact) mass is 163 g/mol. The van der Waals surface area contributed by atoms with Crippen LogP contribution in [0.3, 0.4) is 0 Å². The SMILES string of the molecule is Cl.NC12CCC(CO)(C1)C2. The molecule has 3 saturated carbocycles. The topological polar surface area (TPSA) is 46.2 Å². The lowest BCUT2D eigenvalue weighted by molar-refractivity contribution is 0.0407. The van der Waals surface area contributed by atoms with Crippen molar-refractivity contribution < 1.29 is 5.11 Å². The third kappa shape index (κ3) is 0.865. The van der Waals surface area contributed by atoms with Gasteiger partial charge in [-0.25, -0.2) is 0 Å². The predicted molar refractivity (Wildman–Crippen MR) is 42.2 cm³/mol. The first-order valence-corrected chi connectivity index (χ1v) is 3.58. The molecule has 10 heavy (non-hydrogen) atoms. The molecule has 3 fully saturated rings. The number of hydrogen-bond acceptors (Lipinski definition) is 2. The number of aliphatic hydroxyl groups is 1. The molecule has 3 rings (SSSR count). The van der Waals surface area contributed by atoms with Crippen LogP contribution in [0.5, 0.6) is 0 Å². The van der Waals surface area contributed by atoms with Gasteiger partial charge in [0, 0.05) is 12.1 Å². The summed E-state index contributed by atoms with van der Waals surface area (Å²) >= 11 is 0. The quantitative estimate of drug-likeness (QED) is 0.597. The van der Waals surface area contributed by atoms with Crippen molar-refractivity contribution in [2.75, 3.05) is 6.61 Å². The molecule has 0 aromatic rings. The number of rotatable bonds is 1. The van der Waals surface area contributed by atoms with Gasteiger partial charge in [0.25, 0.3) is 0 Å². The Morgan fingerprint density at radius 2 is 1.90 bits per heavy atom. The molecule has 2 bridgehead atoms. The van der Waals surface area contributed by atoms with Gasteiger partial charge in [-0.05, 0) is 31.1 Å². The smallest absolute Gasteiger partial charge is 0.0488 e. The van der Waals surface area contributed by atoms with E-state index in [0.717, 1.165) is 25.7 Å². The Balaban J connectivity index is 0.000000500. The van der Waals surface area contributed by atoms with Crippen molar-refractivity contribution in [1.29, 1.82) is 0 Å². The van der Waals surface area contributed by atoms with E-state index >= 15 is 0 Å². The van der Waals surface area contributed by atoms with Gasteiger partial charge >= 0.3 is 0 Å². The van der Waals surface area contributed by atoms with E-state index < -0.39 is 0 Å². The van der Waals surface area contributed by atoms with Gasteiger partial charge in [0.05, 0.1) is 0 Å². The van der Waals surface area contributed by atoms with E-state index in [-0.39, 0.29) is 23.4 Å². The van der Waals surface area contributed by atoms with Gasteiger partial charge < -0.3 is 10.8 Å². The summed E-state index contributed by atoms with van der Waals surface area (Å²) in [5.41, 5.74) is 6.31. The third-order valence-corrected chi connectivity index (χ3v) is 2.94. The maximum atomic E-state index is 8.92. The first-order valence-electron chi connectivity index (χ1n) is 3.58. The van der Waals surface area contributed by atoms with Crippen LogP contribution in [0.25, 0.3) is 0 Å². The normalized spacial score (nSPS) is 49.8. The summed E-state index contributed by atoms with van der Waals surface area (Å²) < 4.78 is 0. The van der Waals surface area contributed by atoms with E-state index in [1.165, 1.54) is 0 Å². The first-order chi connectivity index (χ1) is 4.18. The fourth-order valence-electron chi connectivity index (χ4n) is 2.50. The molecule has 3 aliphatic carbocycles. The summed E-state index contributed by atoms with van der Waals surface area (Å²) in [5.74, 6) is 0. The minimum atomic E-state index is 0. The Morgan fingerprint density at radius 3 is 2.10 bits per heavy atom. The summed E-state index contributed by atoms with van der Waals surface area (Å²) in [4.78, 5) is 0. The van der Waals surface area contributed by atoms with E-state index in [0.29, 0.717) is 6.61 Å². The number of hydrogen-bond donors (Lipinski definition) is 2. The molecule has 3 heteroatoms. The Labute approximate surface area is 67.2 Å². The fraction of sp³-hybridized carbons (Fsp3) is 1.00. The summed E-state index contributed by atoms with van der Waals surface area (Å²) in [6.07, 6.45) is 4.42. The zero-order valence-corrected chi connectivity index (χ0v) is 6.78. The van der Waals surface area contributed by atoms with Gasteiger partial charge in [0.2, 0.25) is 0 Å². The standard InChI is InChI=1S/C7H13NO.ClH/c8-7-2-1-6(3-7,4-7)5-9;/h9H,1-5,8H2;1H. The third-order valence-electron chi connectivity index (χ3n) is 2.94. The summed E-state index contributed by atoms with van der Waals surface area (Å²) in [6.45, 7) is 0.353. The van der Waals surface area contributed by atoms with Crippen molar-refractivity contribution in [1.82, 2.24) is 0 Å². The molecule has 3 aliphatic rings. The van der Waals surface area contributed by atoms with Crippen LogP contribution in [0.1, 0.15) is 25.7 Å². The van der Waals surface area contributed by atoms with Gasteiger partial charge in [-0.1, -0.05) is 0 Å². The van der Waals surface area contributed by atoms with Gasteiger partial charge in [0.1, 0.15) is 0 Å². The summed E-state index contributed by atoms with van der Waals surface area (Å²) in [7, 11) is 0. The van der Waals surface area contributed by atoms with Crippen LogP contribution < -0.4 is 5.73 Å². The van der Waals surface area contributed by atoms with Gasteiger partial charge in [-0.15, -0.1) is 12.4 Å². The highest BCUT2D eigenvalue weighted by molar-refractivity contribution is 5.85. The number of aliphatic hydroxyl groups excluding tert-OH is 1. The molecule has 0 unspecified atom stereocenters. The lowest BCUT2D eigenvalue weighted by atomic mass is 9.66. The zero-order valence-electron chi connectivity index (χ0n) is 5.97. The summed E-state index contributed by atoms with van der Waals surface area (Å²) in [6, 6.07) is 0. The second-order valence-electron chi connectivity index (χ2n) is 3.87. The van der Waals surface area contributed by atoms with Crippen LogP contribution in [0.4, 0.5) is 0 Å². The molecule has 60 valence electrons. The van der Waals surface area contributed by atoms with E-state index in [4.69, 9.17) is 10.8 Å². The van der Waals surface area contributed by atoms with Crippen LogP contribution in [-0.2, 0) is 0 Å². The molecule has 0 heterocycles. The molecule has 0 radical (unpaired) electrons. The second-order valence-corrected chi connectivity index (χ2v) is 3.87. The average molecular weight is 164 g/mol. The molecule has 2 nitrogen and oxygen atoms in total. The number of nitrogens with two attached hydrogens (primary N) is 1. The lowest BCUT2D eigenvalue weighted by Gasteiger charge is -2.43. The highest BCUT2D eigenvalue weighted by atomic mass is 35.5. The largest absolute Gasteiger partial charge is 0.396 e. The van der Waals surface area contributed by atoms with Crippen molar-refractivity contribution in [2.45, 2.75) is 31.2 Å². The lowest BCUT2D eigenvalue weighted by Crippen LogP contribution is -2.51. The average Bonchev–Trinajstić information content (AvgIpc) is 2.20. The maximum Gasteiger partial charge on any atom is 0.0488 e. The van der Waals surface area contributed by atoms with Crippen LogP contribution >= 0.6 is 12.4 Å². The Kier molecular flexibility index (Phi) is 1.74. The van der Waals surface area contributed by atoms with Crippen molar-refractivity contribution in [3.8, 4) is 0 Å². The molecule has 0 aromatic carbocycles. The molecule has 0 saturated heterocycles. The second kappa shape index (κ2) is 2.10. The van der Waals surface area contributed by atoms with E-state index in [2.05, 4.69) is 0 Å². The predicted octanol–water partition coefficient (Wildman–Crippen LogP) is 0.672. The molecule has 0 aromatic heterocycles. The summed E-state index contributed by atoms with van der Waals surface area (Å²) in [5, 5.41) is 8.92. The number of fused-ring (bicyclic) bond motifs is 1. The Hall–Kier alpha value is 0.210. The van der Waals surface area contributed by atoms with E-state index in [1.807, 2.05) is 0 Å². The van der Waals surface area contributed by atoms with Crippen molar-refractivity contribution in [3.63, 3.8) is 0 Å². The first kappa shape index (κ1) is 8.31. The highest BCUT2D eigenvalue weighted by Gasteiger charge is 2.57. The Morgan fingerprint density at radius 1 is 1.30 bits per heavy atom. The van der Waals surface area contributed by atoms with E-state index in [9.17, 15) is 0 Å². The van der Waals surface area contributed by atoms with Crippen molar-refractivity contribution in [2.24, 2.45) is 11.1 Å². The van der Waals surface area contributed by atoms with Crippen molar-refractivity contribution in [3.05, 3.63) is 0 Å². The van der Waals surface area contributed by atoms with Gasteiger partial charge in [-0.3, -0.25) is 0 Å². The molecule has 0 atom stereocenters. The van der Waals surface area contributed by atoms with Gasteiger partial charge in [0.15, 0.2) is 0 Å². The molecular formula is C7H14ClNO. The van der Waals surface area contributed by atoms with E-state index in [1.54, 1.807) is 0 Å². The van der Waals surface area contributed by atoms with Crippen LogP contribution in [0.15, 0.2) is 0 Å². The zero-order chi connectivity index (χ0) is 6.54. The molecular weight excluding hydrogens is 150 g/mol. The highest BCUT2D eigenvalue weighted by Crippen LogP contribution is 2.59. The minimum absolute atomic E-state index is 0. The number of halogens is 1. The van der Waals surface area contributed by atoms with Crippen LogP contribution in [0, 0.1) is 5.41 Å². The molecule has 3 N–H and O–H groups in total. The molecule has 0 aliphatic heterocycles. The van der Waals surface area contributed by atoms with Crippen molar-refractivity contribution >= 4 is 12.4 Å². The molecule has 0 amide bonds. The maximum absolute atomic E-state index is 8.92. The minimum Gasteiger partial charge on any atom is -0.396 e. The van der Waals surface area contributed by atoms with Crippen LogP contribution in [-0.4, -0.2) is 17.3 Å². The van der Waals surface area contributed by atoms with Gasteiger partial charge in [-0.2, -0.15) is 0 Å². The fourth-order valence-corrected chi connectivity index (χ4v) is 2.50. The molecule has 0 spiro atoms. The van der Waals surface area contributed by atoms with Crippen LogP contribution in [0.2, 0.25) is 0 Å². The Bertz CT molecular complexity index is 143.